The van der Waals surface area contributed by atoms with E-state index in [4.69, 9.17) is 4.74 Å². The molecule has 0 heterocycles. The van der Waals surface area contributed by atoms with Crippen LogP contribution in [0.15, 0.2) is 60.0 Å². The Morgan fingerprint density at radius 2 is 1.75 bits per heavy atom. The number of aryl methyl sites for hydroxylation is 1. The Labute approximate surface area is 142 Å². The molecule has 2 aromatic carbocycles. The third-order valence-electron chi connectivity index (χ3n) is 3.31. The number of carbonyl (C=O) groups is 1. The highest BCUT2D eigenvalue weighted by Gasteiger charge is 2.10. The van der Waals surface area contributed by atoms with Gasteiger partial charge in [0.05, 0.1) is 0 Å². The molecule has 24 heavy (non-hydrogen) atoms. The Hall–Kier alpha value is -2.44. The molecule has 0 spiro atoms. The molecule has 0 saturated carbocycles. The molecule has 0 aliphatic heterocycles. The van der Waals surface area contributed by atoms with Crippen LogP contribution in [0.4, 0.5) is 0 Å². The Morgan fingerprint density at radius 1 is 1.08 bits per heavy atom. The lowest BCUT2D eigenvalue weighted by atomic mass is 10.1. The summed E-state index contributed by atoms with van der Waals surface area (Å²) in [6.45, 7) is 1.63. The molecule has 0 unspecified atom stereocenters. The van der Waals surface area contributed by atoms with Gasteiger partial charge in [0.2, 0.25) is 10.0 Å². The lowest BCUT2D eigenvalue weighted by Crippen LogP contribution is -2.29. The SMILES string of the molecule is Cc1ccccc1COC(=O)CNS(=O)(=O)C=Cc1ccccc1. The number of ether oxygens (including phenoxy) is 1. The predicted molar refractivity (Wildman–Crippen MR) is 93.4 cm³/mol. The van der Waals surface area contributed by atoms with Gasteiger partial charge in [0, 0.05) is 5.41 Å². The summed E-state index contributed by atoms with van der Waals surface area (Å²) >= 11 is 0. The van der Waals surface area contributed by atoms with Gasteiger partial charge in [-0.1, -0.05) is 54.6 Å². The van der Waals surface area contributed by atoms with E-state index in [0.29, 0.717) is 0 Å². The van der Waals surface area contributed by atoms with Crippen molar-refractivity contribution in [3.05, 3.63) is 76.7 Å². The molecule has 0 radical (unpaired) electrons. The zero-order valence-corrected chi connectivity index (χ0v) is 14.1. The van der Waals surface area contributed by atoms with Gasteiger partial charge in [-0.2, -0.15) is 0 Å². The maximum absolute atomic E-state index is 11.8. The fourth-order valence-corrected chi connectivity index (χ4v) is 2.67. The van der Waals surface area contributed by atoms with E-state index in [-0.39, 0.29) is 6.61 Å². The lowest BCUT2D eigenvalue weighted by molar-refractivity contribution is -0.143. The van der Waals surface area contributed by atoms with Crippen molar-refractivity contribution in [2.24, 2.45) is 0 Å². The maximum atomic E-state index is 11.8. The fraction of sp³-hybridized carbons (Fsp3) is 0.167. The topological polar surface area (TPSA) is 72.5 Å². The number of hydrogen-bond acceptors (Lipinski definition) is 4. The Kier molecular flexibility index (Phi) is 6.28. The molecular formula is C18H19NO4S. The molecule has 0 bridgehead atoms. The summed E-state index contributed by atoms with van der Waals surface area (Å²) in [5.41, 5.74) is 2.65. The second kappa shape index (κ2) is 8.42. The first-order valence-electron chi connectivity index (χ1n) is 7.39. The first-order valence-corrected chi connectivity index (χ1v) is 8.94. The van der Waals surface area contributed by atoms with Crippen LogP contribution < -0.4 is 4.72 Å². The van der Waals surface area contributed by atoms with Crippen molar-refractivity contribution in [2.45, 2.75) is 13.5 Å². The van der Waals surface area contributed by atoms with Gasteiger partial charge >= 0.3 is 5.97 Å². The first-order chi connectivity index (χ1) is 11.5. The Bertz CT molecular complexity index is 814. The van der Waals surface area contributed by atoms with Gasteiger partial charge in [-0.25, -0.2) is 13.1 Å². The van der Waals surface area contributed by atoms with Crippen molar-refractivity contribution in [1.29, 1.82) is 0 Å². The van der Waals surface area contributed by atoms with Crippen molar-refractivity contribution in [1.82, 2.24) is 4.72 Å². The highest BCUT2D eigenvalue weighted by molar-refractivity contribution is 7.92. The number of sulfonamides is 1. The van der Waals surface area contributed by atoms with Crippen LogP contribution in [0.2, 0.25) is 0 Å². The van der Waals surface area contributed by atoms with Crippen LogP contribution in [0, 0.1) is 6.92 Å². The summed E-state index contributed by atoms with van der Waals surface area (Å²) in [5, 5.41) is 1.02. The lowest BCUT2D eigenvalue weighted by Gasteiger charge is -2.07. The van der Waals surface area contributed by atoms with Crippen molar-refractivity contribution < 1.29 is 17.9 Å². The summed E-state index contributed by atoms with van der Waals surface area (Å²) in [4.78, 5) is 11.7. The summed E-state index contributed by atoms with van der Waals surface area (Å²) in [5.74, 6) is -0.630. The van der Waals surface area contributed by atoms with Gasteiger partial charge in [-0.05, 0) is 29.7 Å². The van der Waals surface area contributed by atoms with Crippen LogP contribution in [-0.2, 0) is 26.2 Å². The minimum absolute atomic E-state index is 0.118. The highest BCUT2D eigenvalue weighted by atomic mass is 32.2. The number of rotatable bonds is 7. The van der Waals surface area contributed by atoms with Gasteiger partial charge in [0.15, 0.2) is 0 Å². The average Bonchev–Trinajstić information content (AvgIpc) is 2.59. The van der Waals surface area contributed by atoms with Crippen LogP contribution in [0.1, 0.15) is 16.7 Å². The molecule has 0 aliphatic rings. The molecule has 5 nitrogen and oxygen atoms in total. The van der Waals surface area contributed by atoms with Crippen molar-refractivity contribution in [3.8, 4) is 0 Å². The van der Waals surface area contributed by atoms with Crippen molar-refractivity contribution >= 4 is 22.1 Å². The van der Waals surface area contributed by atoms with Crippen molar-refractivity contribution in [2.75, 3.05) is 6.54 Å². The van der Waals surface area contributed by atoms with E-state index in [2.05, 4.69) is 4.72 Å². The molecule has 6 heteroatoms. The third kappa shape index (κ3) is 5.98. The zero-order chi connectivity index (χ0) is 17.4. The molecule has 0 amide bonds. The summed E-state index contributed by atoms with van der Waals surface area (Å²) in [7, 11) is -3.70. The molecule has 0 aliphatic carbocycles. The van der Waals surface area contributed by atoms with Crippen LogP contribution in [-0.4, -0.2) is 20.9 Å². The van der Waals surface area contributed by atoms with Crippen LogP contribution in [0.3, 0.4) is 0 Å². The minimum atomic E-state index is -3.70. The van der Waals surface area contributed by atoms with Gasteiger partial charge in [0.1, 0.15) is 13.2 Å². The van der Waals surface area contributed by atoms with Crippen LogP contribution in [0.25, 0.3) is 6.08 Å². The van der Waals surface area contributed by atoms with Gasteiger partial charge < -0.3 is 4.74 Å². The summed E-state index contributed by atoms with van der Waals surface area (Å²) < 4.78 is 30.9. The van der Waals surface area contributed by atoms with Gasteiger partial charge in [-0.3, -0.25) is 4.79 Å². The van der Waals surface area contributed by atoms with Gasteiger partial charge in [-0.15, -0.1) is 0 Å². The highest BCUT2D eigenvalue weighted by Crippen LogP contribution is 2.08. The molecule has 0 atom stereocenters. The average molecular weight is 345 g/mol. The summed E-state index contributed by atoms with van der Waals surface area (Å²) in [6.07, 6.45) is 1.46. The second-order valence-electron chi connectivity index (χ2n) is 5.17. The number of hydrogen-bond donors (Lipinski definition) is 1. The molecule has 0 fully saturated rings. The molecule has 0 aromatic heterocycles. The normalized spacial score (nSPS) is 11.5. The number of nitrogens with one attached hydrogen (secondary N) is 1. The smallest absolute Gasteiger partial charge is 0.321 e. The number of carbonyl (C=O) groups excluding carboxylic acids is 1. The second-order valence-corrected chi connectivity index (χ2v) is 6.82. The molecule has 2 aromatic rings. The standard InChI is InChI=1S/C18H19NO4S/c1-15-7-5-6-10-17(15)14-23-18(20)13-19-24(21,22)12-11-16-8-3-2-4-9-16/h2-12,19H,13-14H2,1H3. The first kappa shape index (κ1) is 17.9. The predicted octanol–water partition coefficient (Wildman–Crippen LogP) is 2.63. The monoisotopic (exact) mass is 345 g/mol. The quantitative estimate of drug-likeness (QED) is 0.783. The van der Waals surface area contributed by atoms with E-state index >= 15 is 0 Å². The molecular weight excluding hydrogens is 326 g/mol. The largest absolute Gasteiger partial charge is 0.460 e. The van der Waals surface area contributed by atoms with E-state index in [0.717, 1.165) is 22.1 Å². The molecule has 1 N–H and O–H groups in total. The minimum Gasteiger partial charge on any atom is -0.460 e. The van der Waals surface area contributed by atoms with E-state index in [9.17, 15) is 13.2 Å². The van der Waals surface area contributed by atoms with E-state index < -0.39 is 22.5 Å². The number of esters is 1. The zero-order valence-electron chi connectivity index (χ0n) is 13.3. The maximum Gasteiger partial charge on any atom is 0.321 e. The van der Waals surface area contributed by atoms with E-state index in [1.54, 1.807) is 12.1 Å². The molecule has 2 rings (SSSR count). The Morgan fingerprint density at radius 3 is 2.46 bits per heavy atom. The van der Waals surface area contributed by atoms with Crippen LogP contribution >= 0.6 is 0 Å². The van der Waals surface area contributed by atoms with E-state index in [1.165, 1.54) is 6.08 Å². The van der Waals surface area contributed by atoms with Gasteiger partial charge in [0.25, 0.3) is 0 Å². The van der Waals surface area contributed by atoms with Crippen LogP contribution in [0.5, 0.6) is 0 Å². The molecule has 0 saturated heterocycles. The third-order valence-corrected chi connectivity index (χ3v) is 4.35. The fourth-order valence-electron chi connectivity index (χ4n) is 1.92. The molecule has 126 valence electrons. The number of benzene rings is 2. The van der Waals surface area contributed by atoms with Crippen molar-refractivity contribution in [3.63, 3.8) is 0 Å². The Balaban J connectivity index is 1.82. The summed E-state index contributed by atoms with van der Waals surface area (Å²) in [6, 6.07) is 16.5. The van der Waals surface area contributed by atoms with E-state index in [1.807, 2.05) is 49.4 Å².